The molecule has 0 heterocycles. The largest absolute Gasteiger partial charge is 0.497 e. The molecule has 2 aromatic carbocycles. The number of ether oxygens (including phenoxy) is 2. The minimum absolute atomic E-state index is 0.134. The van der Waals surface area contributed by atoms with Crippen LogP contribution in [0.2, 0.25) is 0 Å². The van der Waals surface area contributed by atoms with Crippen molar-refractivity contribution >= 4 is 5.91 Å². The maximum atomic E-state index is 13.3. The van der Waals surface area contributed by atoms with Gasteiger partial charge in [-0.15, -0.1) is 0 Å². The van der Waals surface area contributed by atoms with Crippen LogP contribution < -0.4 is 14.8 Å². The molecule has 2 aromatic rings. The fourth-order valence-corrected chi connectivity index (χ4v) is 1.85. The molecule has 0 fully saturated rings. The van der Waals surface area contributed by atoms with Gasteiger partial charge in [0.25, 0.3) is 0 Å². The Kier molecular flexibility index (Phi) is 5.77. The Morgan fingerprint density at radius 1 is 1.14 bits per heavy atom. The van der Waals surface area contributed by atoms with Crippen molar-refractivity contribution in [1.29, 1.82) is 0 Å². The van der Waals surface area contributed by atoms with Crippen molar-refractivity contribution in [3.8, 4) is 11.5 Å². The molecule has 0 unspecified atom stereocenters. The minimum Gasteiger partial charge on any atom is -0.497 e. The molecule has 2 rings (SSSR count). The standard InChI is InChI=1S/C17H18FNO3/c1-21-14-8-6-13(7-9-14)12-19-17(20)10-11-22-16-5-3-2-4-15(16)18/h2-9H,10-12H2,1H3,(H,19,20). The zero-order valence-corrected chi connectivity index (χ0v) is 12.3. The lowest BCUT2D eigenvalue weighted by Crippen LogP contribution is -2.24. The molecule has 0 spiro atoms. The fourth-order valence-electron chi connectivity index (χ4n) is 1.85. The summed E-state index contributed by atoms with van der Waals surface area (Å²) in [6.07, 6.45) is 0.171. The first-order valence-corrected chi connectivity index (χ1v) is 6.96. The number of carbonyl (C=O) groups excluding carboxylic acids is 1. The van der Waals surface area contributed by atoms with Gasteiger partial charge in [0.15, 0.2) is 11.6 Å². The van der Waals surface area contributed by atoms with Gasteiger partial charge < -0.3 is 14.8 Å². The van der Waals surface area contributed by atoms with E-state index in [4.69, 9.17) is 9.47 Å². The third kappa shape index (κ3) is 4.77. The highest BCUT2D eigenvalue weighted by Gasteiger charge is 2.05. The van der Waals surface area contributed by atoms with E-state index in [0.717, 1.165) is 11.3 Å². The van der Waals surface area contributed by atoms with Crippen LogP contribution in [0.15, 0.2) is 48.5 Å². The van der Waals surface area contributed by atoms with Crippen LogP contribution in [0, 0.1) is 5.82 Å². The summed E-state index contributed by atoms with van der Waals surface area (Å²) in [5, 5.41) is 2.78. The zero-order chi connectivity index (χ0) is 15.8. The van der Waals surface area contributed by atoms with Crippen LogP contribution in [0.5, 0.6) is 11.5 Å². The Labute approximate surface area is 128 Å². The number of halogens is 1. The molecule has 0 aliphatic carbocycles. The Morgan fingerprint density at radius 3 is 2.55 bits per heavy atom. The summed E-state index contributed by atoms with van der Waals surface area (Å²) in [6, 6.07) is 13.6. The lowest BCUT2D eigenvalue weighted by atomic mass is 10.2. The smallest absolute Gasteiger partial charge is 0.223 e. The molecule has 22 heavy (non-hydrogen) atoms. The van der Waals surface area contributed by atoms with Crippen LogP contribution in [-0.2, 0) is 11.3 Å². The van der Waals surface area contributed by atoms with E-state index < -0.39 is 5.82 Å². The number of hydrogen-bond acceptors (Lipinski definition) is 3. The second-order valence-corrected chi connectivity index (χ2v) is 4.65. The number of amides is 1. The molecule has 1 N–H and O–H groups in total. The van der Waals surface area contributed by atoms with Gasteiger partial charge in [-0.3, -0.25) is 4.79 Å². The first-order valence-electron chi connectivity index (χ1n) is 6.96. The topological polar surface area (TPSA) is 47.6 Å². The van der Waals surface area contributed by atoms with Gasteiger partial charge in [0.05, 0.1) is 20.1 Å². The Bertz CT molecular complexity index is 614. The maximum absolute atomic E-state index is 13.3. The highest BCUT2D eigenvalue weighted by Crippen LogP contribution is 2.15. The number of rotatable bonds is 7. The normalized spacial score (nSPS) is 10.1. The lowest BCUT2D eigenvalue weighted by Gasteiger charge is -2.08. The molecule has 0 aliphatic rings. The van der Waals surface area contributed by atoms with E-state index in [1.165, 1.54) is 12.1 Å². The van der Waals surface area contributed by atoms with Crippen LogP contribution in [0.25, 0.3) is 0 Å². The van der Waals surface area contributed by atoms with E-state index in [-0.39, 0.29) is 24.7 Å². The maximum Gasteiger partial charge on any atom is 0.223 e. The summed E-state index contributed by atoms with van der Waals surface area (Å²) < 4.78 is 23.6. The number of para-hydroxylation sites is 1. The van der Waals surface area contributed by atoms with Gasteiger partial charge in [0.2, 0.25) is 5.91 Å². The van der Waals surface area contributed by atoms with Gasteiger partial charge in [-0.05, 0) is 29.8 Å². The number of methoxy groups -OCH3 is 1. The summed E-state index contributed by atoms with van der Waals surface area (Å²) in [5.41, 5.74) is 0.976. The molecule has 0 radical (unpaired) electrons. The van der Waals surface area contributed by atoms with Crippen molar-refractivity contribution in [3.63, 3.8) is 0 Å². The van der Waals surface area contributed by atoms with Crippen LogP contribution >= 0.6 is 0 Å². The average molecular weight is 303 g/mol. The molecule has 116 valence electrons. The van der Waals surface area contributed by atoms with Crippen molar-refractivity contribution in [2.24, 2.45) is 0 Å². The molecule has 4 nitrogen and oxygen atoms in total. The summed E-state index contributed by atoms with van der Waals surface area (Å²) in [7, 11) is 1.60. The van der Waals surface area contributed by atoms with Crippen molar-refractivity contribution in [2.45, 2.75) is 13.0 Å². The first-order chi connectivity index (χ1) is 10.7. The van der Waals surface area contributed by atoms with E-state index in [2.05, 4.69) is 5.32 Å². The van der Waals surface area contributed by atoms with Gasteiger partial charge in [0.1, 0.15) is 5.75 Å². The Balaban J connectivity index is 1.70. The molecule has 0 bridgehead atoms. The Morgan fingerprint density at radius 2 is 1.86 bits per heavy atom. The van der Waals surface area contributed by atoms with Crippen LogP contribution in [0.4, 0.5) is 4.39 Å². The van der Waals surface area contributed by atoms with Crippen molar-refractivity contribution in [2.75, 3.05) is 13.7 Å². The highest BCUT2D eigenvalue weighted by atomic mass is 19.1. The molecular formula is C17H18FNO3. The first kappa shape index (κ1) is 15.8. The van der Waals surface area contributed by atoms with E-state index in [0.29, 0.717) is 6.54 Å². The van der Waals surface area contributed by atoms with Gasteiger partial charge in [-0.1, -0.05) is 24.3 Å². The third-order valence-electron chi connectivity index (χ3n) is 3.07. The van der Waals surface area contributed by atoms with E-state index >= 15 is 0 Å². The molecule has 0 saturated carbocycles. The summed E-state index contributed by atoms with van der Waals surface area (Å²) in [5.74, 6) is 0.354. The molecule has 5 heteroatoms. The zero-order valence-electron chi connectivity index (χ0n) is 12.3. The molecule has 0 aliphatic heterocycles. The van der Waals surface area contributed by atoms with Gasteiger partial charge in [0, 0.05) is 6.54 Å². The van der Waals surface area contributed by atoms with Crippen LogP contribution in [-0.4, -0.2) is 19.6 Å². The Hall–Kier alpha value is -2.56. The molecule has 0 aromatic heterocycles. The molecule has 0 atom stereocenters. The number of nitrogens with one attached hydrogen (secondary N) is 1. The highest BCUT2D eigenvalue weighted by molar-refractivity contribution is 5.76. The summed E-state index contributed by atoms with van der Waals surface area (Å²) >= 11 is 0. The second-order valence-electron chi connectivity index (χ2n) is 4.65. The fraction of sp³-hybridized carbons (Fsp3) is 0.235. The van der Waals surface area contributed by atoms with E-state index in [1.54, 1.807) is 19.2 Å². The van der Waals surface area contributed by atoms with Crippen LogP contribution in [0.1, 0.15) is 12.0 Å². The monoisotopic (exact) mass is 303 g/mol. The van der Waals surface area contributed by atoms with Gasteiger partial charge >= 0.3 is 0 Å². The van der Waals surface area contributed by atoms with Gasteiger partial charge in [-0.2, -0.15) is 0 Å². The van der Waals surface area contributed by atoms with Crippen molar-refractivity contribution < 1.29 is 18.7 Å². The quantitative estimate of drug-likeness (QED) is 0.855. The number of hydrogen-bond donors (Lipinski definition) is 1. The van der Waals surface area contributed by atoms with Crippen LogP contribution in [0.3, 0.4) is 0 Å². The predicted octanol–water partition coefficient (Wildman–Crippen LogP) is 2.92. The predicted molar refractivity (Wildman–Crippen MR) is 81.4 cm³/mol. The second kappa shape index (κ2) is 8.02. The average Bonchev–Trinajstić information content (AvgIpc) is 2.55. The third-order valence-corrected chi connectivity index (χ3v) is 3.07. The summed E-state index contributed by atoms with van der Waals surface area (Å²) in [4.78, 5) is 11.7. The number of benzene rings is 2. The minimum atomic E-state index is -0.429. The summed E-state index contributed by atoms with van der Waals surface area (Å²) in [6.45, 7) is 0.567. The molecule has 1 amide bonds. The van der Waals surface area contributed by atoms with E-state index in [1.807, 2.05) is 24.3 Å². The van der Waals surface area contributed by atoms with Gasteiger partial charge in [-0.25, -0.2) is 4.39 Å². The SMILES string of the molecule is COc1ccc(CNC(=O)CCOc2ccccc2F)cc1. The lowest BCUT2D eigenvalue weighted by molar-refractivity contribution is -0.121. The molecule has 0 saturated heterocycles. The van der Waals surface area contributed by atoms with Crippen molar-refractivity contribution in [1.82, 2.24) is 5.32 Å². The number of carbonyl (C=O) groups is 1. The van der Waals surface area contributed by atoms with Crippen molar-refractivity contribution in [3.05, 3.63) is 59.9 Å². The molecular weight excluding hydrogens is 285 g/mol. The van der Waals surface area contributed by atoms with E-state index in [9.17, 15) is 9.18 Å².